The zero-order chi connectivity index (χ0) is 13.2. The number of amides is 1. The lowest BCUT2D eigenvalue weighted by Crippen LogP contribution is -2.30. The molecule has 0 aliphatic carbocycles. The molecule has 1 aliphatic heterocycles. The summed E-state index contributed by atoms with van der Waals surface area (Å²) in [5, 5.41) is 10.9. The summed E-state index contributed by atoms with van der Waals surface area (Å²) in [7, 11) is 2.12. The Morgan fingerprint density at radius 3 is 3.26 bits per heavy atom. The number of nitrogens with one attached hydrogen (secondary N) is 2. The highest BCUT2D eigenvalue weighted by molar-refractivity contribution is 5.97. The van der Waals surface area contributed by atoms with Crippen molar-refractivity contribution in [3.63, 3.8) is 0 Å². The van der Waals surface area contributed by atoms with Gasteiger partial charge in [-0.05, 0) is 38.1 Å². The van der Waals surface area contributed by atoms with E-state index in [2.05, 4.69) is 27.5 Å². The lowest BCUT2D eigenvalue weighted by atomic mass is 10.1. The molecule has 0 radical (unpaired) electrons. The van der Waals surface area contributed by atoms with Gasteiger partial charge in [0.15, 0.2) is 0 Å². The Labute approximate surface area is 112 Å². The van der Waals surface area contributed by atoms with Crippen LogP contribution in [0.3, 0.4) is 0 Å². The van der Waals surface area contributed by atoms with Gasteiger partial charge in [0.2, 0.25) is 0 Å². The van der Waals surface area contributed by atoms with Crippen LogP contribution in [-0.4, -0.2) is 47.7 Å². The van der Waals surface area contributed by atoms with Crippen LogP contribution in [-0.2, 0) is 0 Å². The lowest BCUT2D eigenvalue weighted by molar-refractivity contribution is 0.0947. The van der Waals surface area contributed by atoms with Crippen LogP contribution in [0.4, 0.5) is 0 Å². The van der Waals surface area contributed by atoms with Gasteiger partial charge in [-0.25, -0.2) is 0 Å². The van der Waals surface area contributed by atoms with E-state index in [1.165, 1.54) is 0 Å². The van der Waals surface area contributed by atoms with E-state index in [4.69, 9.17) is 0 Å². The molecule has 1 saturated heterocycles. The van der Waals surface area contributed by atoms with Crippen LogP contribution in [0.2, 0.25) is 0 Å². The highest BCUT2D eigenvalue weighted by Gasteiger charge is 2.20. The Bertz CT molecular complexity index is 592. The van der Waals surface area contributed by atoms with Crippen molar-refractivity contribution in [3.8, 4) is 0 Å². The molecule has 1 amide bonds. The van der Waals surface area contributed by atoms with Crippen LogP contribution in [0.25, 0.3) is 10.9 Å². The second-order valence-corrected chi connectivity index (χ2v) is 5.30. The molecule has 1 aromatic heterocycles. The molecular weight excluding hydrogens is 240 g/mol. The topological polar surface area (TPSA) is 61.0 Å². The standard InChI is InChI=1S/C14H18N4O/c1-18-5-4-10(9-18)7-15-14(19)11-2-3-12-8-16-17-13(12)6-11/h2-3,6,8,10H,4-5,7,9H2,1H3,(H,15,19)(H,16,17). The van der Waals surface area contributed by atoms with Gasteiger partial charge in [0.1, 0.15) is 0 Å². The summed E-state index contributed by atoms with van der Waals surface area (Å²) in [6.07, 6.45) is 2.92. The number of carbonyl (C=O) groups excluding carboxylic acids is 1. The van der Waals surface area contributed by atoms with Crippen molar-refractivity contribution in [2.75, 3.05) is 26.7 Å². The molecule has 0 bridgehead atoms. The van der Waals surface area contributed by atoms with Crippen molar-refractivity contribution < 1.29 is 4.79 Å². The van der Waals surface area contributed by atoms with Gasteiger partial charge in [-0.1, -0.05) is 6.07 Å². The number of hydrogen-bond donors (Lipinski definition) is 2. The van der Waals surface area contributed by atoms with Gasteiger partial charge in [0.05, 0.1) is 11.7 Å². The fraction of sp³-hybridized carbons (Fsp3) is 0.429. The second kappa shape index (κ2) is 5.01. The van der Waals surface area contributed by atoms with Crippen LogP contribution < -0.4 is 5.32 Å². The van der Waals surface area contributed by atoms with E-state index in [1.54, 1.807) is 6.20 Å². The Morgan fingerprint density at radius 1 is 1.58 bits per heavy atom. The van der Waals surface area contributed by atoms with Gasteiger partial charge >= 0.3 is 0 Å². The van der Waals surface area contributed by atoms with Gasteiger partial charge in [-0.2, -0.15) is 5.10 Å². The second-order valence-electron chi connectivity index (χ2n) is 5.30. The summed E-state index contributed by atoms with van der Waals surface area (Å²) in [5.74, 6) is 0.566. The monoisotopic (exact) mass is 258 g/mol. The first-order valence-corrected chi connectivity index (χ1v) is 6.62. The number of H-pyrrole nitrogens is 1. The van der Waals surface area contributed by atoms with Crippen LogP contribution in [0.1, 0.15) is 16.8 Å². The number of aromatic amines is 1. The summed E-state index contributed by atoms with van der Waals surface area (Å²) in [4.78, 5) is 14.4. The van der Waals surface area contributed by atoms with Crippen molar-refractivity contribution in [3.05, 3.63) is 30.0 Å². The zero-order valence-electron chi connectivity index (χ0n) is 11.0. The molecule has 2 aromatic rings. The molecular formula is C14H18N4O. The smallest absolute Gasteiger partial charge is 0.251 e. The normalized spacial score (nSPS) is 19.9. The minimum atomic E-state index is -0.00828. The summed E-state index contributed by atoms with van der Waals surface area (Å²) in [6, 6.07) is 5.60. The van der Waals surface area contributed by atoms with Crippen LogP contribution >= 0.6 is 0 Å². The first-order chi connectivity index (χ1) is 9.22. The predicted octanol–water partition coefficient (Wildman–Crippen LogP) is 1.24. The number of likely N-dealkylation sites (tertiary alicyclic amines) is 1. The van der Waals surface area contributed by atoms with E-state index < -0.39 is 0 Å². The lowest BCUT2D eigenvalue weighted by Gasteiger charge is -2.11. The van der Waals surface area contributed by atoms with Crippen molar-refractivity contribution >= 4 is 16.8 Å². The molecule has 0 spiro atoms. The fourth-order valence-corrected chi connectivity index (χ4v) is 2.61. The number of carbonyl (C=O) groups is 1. The molecule has 5 heteroatoms. The highest BCUT2D eigenvalue weighted by Crippen LogP contribution is 2.15. The van der Waals surface area contributed by atoms with Crippen LogP contribution in [0, 0.1) is 5.92 Å². The molecule has 3 rings (SSSR count). The molecule has 100 valence electrons. The van der Waals surface area contributed by atoms with Crippen LogP contribution in [0.15, 0.2) is 24.4 Å². The van der Waals surface area contributed by atoms with Gasteiger partial charge in [0.25, 0.3) is 5.91 Å². The van der Waals surface area contributed by atoms with E-state index in [1.807, 2.05) is 18.2 Å². The molecule has 1 atom stereocenters. The molecule has 2 N–H and O–H groups in total. The average molecular weight is 258 g/mol. The van der Waals surface area contributed by atoms with Gasteiger partial charge < -0.3 is 10.2 Å². The van der Waals surface area contributed by atoms with Crippen molar-refractivity contribution in [2.45, 2.75) is 6.42 Å². The maximum atomic E-state index is 12.1. The molecule has 1 aromatic carbocycles. The van der Waals surface area contributed by atoms with E-state index in [9.17, 15) is 4.79 Å². The maximum absolute atomic E-state index is 12.1. The van der Waals surface area contributed by atoms with Gasteiger partial charge in [0, 0.05) is 24.0 Å². The maximum Gasteiger partial charge on any atom is 0.251 e. The van der Waals surface area contributed by atoms with Gasteiger partial charge in [-0.15, -0.1) is 0 Å². The molecule has 1 unspecified atom stereocenters. The number of benzene rings is 1. The average Bonchev–Trinajstić information content (AvgIpc) is 3.03. The summed E-state index contributed by atoms with van der Waals surface area (Å²) < 4.78 is 0. The largest absolute Gasteiger partial charge is 0.352 e. The molecule has 1 aliphatic rings. The summed E-state index contributed by atoms with van der Waals surface area (Å²) in [6.45, 7) is 2.95. The van der Waals surface area contributed by atoms with Crippen LogP contribution in [0.5, 0.6) is 0 Å². The predicted molar refractivity (Wildman–Crippen MR) is 74.0 cm³/mol. The van der Waals surface area contributed by atoms with E-state index in [0.717, 1.165) is 37.0 Å². The fourth-order valence-electron chi connectivity index (χ4n) is 2.61. The minimum absolute atomic E-state index is 0.00828. The summed E-state index contributed by atoms with van der Waals surface area (Å²) in [5.41, 5.74) is 1.58. The highest BCUT2D eigenvalue weighted by atomic mass is 16.1. The quantitative estimate of drug-likeness (QED) is 0.871. The molecule has 1 fully saturated rings. The molecule has 2 heterocycles. The molecule has 0 saturated carbocycles. The number of hydrogen-bond acceptors (Lipinski definition) is 3. The van der Waals surface area contributed by atoms with E-state index in [0.29, 0.717) is 11.5 Å². The number of rotatable bonds is 3. The van der Waals surface area contributed by atoms with E-state index >= 15 is 0 Å². The number of aromatic nitrogens is 2. The first-order valence-electron chi connectivity index (χ1n) is 6.62. The first kappa shape index (κ1) is 12.2. The third-order valence-electron chi connectivity index (χ3n) is 3.74. The van der Waals surface area contributed by atoms with Crippen molar-refractivity contribution in [1.29, 1.82) is 0 Å². The Balaban J connectivity index is 1.63. The minimum Gasteiger partial charge on any atom is -0.352 e. The summed E-state index contributed by atoms with van der Waals surface area (Å²) >= 11 is 0. The van der Waals surface area contributed by atoms with Gasteiger partial charge in [-0.3, -0.25) is 9.89 Å². The molecule has 5 nitrogen and oxygen atoms in total. The number of fused-ring (bicyclic) bond motifs is 1. The Hall–Kier alpha value is -1.88. The van der Waals surface area contributed by atoms with Crippen molar-refractivity contribution in [1.82, 2.24) is 20.4 Å². The number of nitrogens with zero attached hydrogens (tertiary/aromatic N) is 2. The third-order valence-corrected chi connectivity index (χ3v) is 3.74. The van der Waals surface area contributed by atoms with Crippen molar-refractivity contribution in [2.24, 2.45) is 5.92 Å². The Morgan fingerprint density at radius 2 is 2.47 bits per heavy atom. The molecule has 19 heavy (non-hydrogen) atoms. The van der Waals surface area contributed by atoms with E-state index in [-0.39, 0.29) is 5.91 Å². The third kappa shape index (κ3) is 2.61. The Kier molecular flexibility index (Phi) is 3.21. The SMILES string of the molecule is CN1CCC(CNC(=O)c2ccc3cn[nH]c3c2)C1. The zero-order valence-corrected chi connectivity index (χ0v) is 11.0.